The number of halogens is 1. The highest BCUT2D eigenvalue weighted by Gasteiger charge is 2.15. The first-order valence-corrected chi connectivity index (χ1v) is 7.97. The highest BCUT2D eigenvalue weighted by atomic mass is 127. The van der Waals surface area contributed by atoms with E-state index < -0.39 is 0 Å². The molecule has 6 heteroatoms. The van der Waals surface area contributed by atoms with Crippen molar-refractivity contribution < 1.29 is 4.79 Å². The van der Waals surface area contributed by atoms with Crippen LogP contribution in [0.1, 0.15) is 15.5 Å². The summed E-state index contributed by atoms with van der Waals surface area (Å²) < 4.78 is 2.18. The SMILES string of the molecule is CN(Cc1nc2ccccc2s1)C(=O)c1cc(I)c[nH]1. The number of H-pyrrole nitrogens is 1. The van der Waals surface area contributed by atoms with Gasteiger partial charge in [-0.3, -0.25) is 4.79 Å². The van der Waals surface area contributed by atoms with E-state index >= 15 is 0 Å². The largest absolute Gasteiger partial charge is 0.356 e. The highest BCUT2D eigenvalue weighted by molar-refractivity contribution is 14.1. The topological polar surface area (TPSA) is 49.0 Å². The van der Waals surface area contributed by atoms with E-state index in [2.05, 4.69) is 32.6 Å². The average molecular weight is 397 g/mol. The maximum atomic E-state index is 12.2. The number of amides is 1. The molecule has 0 bridgehead atoms. The Labute approximate surface area is 134 Å². The molecule has 3 aromatic rings. The average Bonchev–Trinajstić information content (AvgIpc) is 3.03. The van der Waals surface area contributed by atoms with Crippen LogP contribution in [-0.2, 0) is 6.54 Å². The number of thiazole rings is 1. The number of aromatic amines is 1. The molecular weight excluding hydrogens is 385 g/mol. The van der Waals surface area contributed by atoms with Gasteiger partial charge in [0.25, 0.3) is 5.91 Å². The van der Waals surface area contributed by atoms with Crippen molar-refractivity contribution in [1.29, 1.82) is 0 Å². The summed E-state index contributed by atoms with van der Waals surface area (Å²) in [4.78, 5) is 21.5. The summed E-state index contributed by atoms with van der Waals surface area (Å²) in [5.74, 6) is -0.0211. The number of rotatable bonds is 3. The van der Waals surface area contributed by atoms with Gasteiger partial charge in [-0.15, -0.1) is 11.3 Å². The Balaban J connectivity index is 1.78. The number of fused-ring (bicyclic) bond motifs is 1. The van der Waals surface area contributed by atoms with E-state index in [1.54, 1.807) is 23.3 Å². The summed E-state index contributed by atoms with van der Waals surface area (Å²) in [6.45, 7) is 0.522. The van der Waals surface area contributed by atoms with Crippen LogP contribution in [0.4, 0.5) is 0 Å². The number of nitrogens with one attached hydrogen (secondary N) is 1. The molecule has 1 aromatic carbocycles. The van der Waals surface area contributed by atoms with E-state index in [0.717, 1.165) is 18.8 Å². The van der Waals surface area contributed by atoms with Gasteiger partial charge in [-0.05, 0) is 40.8 Å². The number of carbonyl (C=O) groups excluding carboxylic acids is 1. The minimum Gasteiger partial charge on any atom is -0.356 e. The normalized spacial score (nSPS) is 10.9. The Morgan fingerprint density at radius 3 is 2.95 bits per heavy atom. The number of benzene rings is 1. The fraction of sp³-hybridized carbons (Fsp3) is 0.143. The van der Waals surface area contributed by atoms with E-state index in [1.807, 2.05) is 36.5 Å². The van der Waals surface area contributed by atoms with Crippen LogP contribution in [-0.4, -0.2) is 27.8 Å². The maximum Gasteiger partial charge on any atom is 0.270 e. The van der Waals surface area contributed by atoms with Crippen molar-refractivity contribution in [2.75, 3.05) is 7.05 Å². The zero-order valence-electron chi connectivity index (χ0n) is 10.8. The number of aromatic nitrogens is 2. The van der Waals surface area contributed by atoms with Gasteiger partial charge in [-0.1, -0.05) is 12.1 Å². The molecule has 1 amide bonds. The maximum absolute atomic E-state index is 12.2. The summed E-state index contributed by atoms with van der Waals surface area (Å²) in [5.41, 5.74) is 1.60. The lowest BCUT2D eigenvalue weighted by atomic mass is 10.3. The third-order valence-electron chi connectivity index (χ3n) is 2.94. The second-order valence-corrected chi connectivity index (χ2v) is 6.83. The van der Waals surface area contributed by atoms with E-state index in [4.69, 9.17) is 0 Å². The van der Waals surface area contributed by atoms with Gasteiger partial charge < -0.3 is 9.88 Å². The van der Waals surface area contributed by atoms with Crippen LogP contribution in [0.5, 0.6) is 0 Å². The zero-order chi connectivity index (χ0) is 14.1. The summed E-state index contributed by atoms with van der Waals surface area (Å²) in [6, 6.07) is 9.86. The van der Waals surface area contributed by atoms with E-state index in [0.29, 0.717) is 12.2 Å². The zero-order valence-corrected chi connectivity index (χ0v) is 13.7. The predicted molar refractivity (Wildman–Crippen MR) is 88.9 cm³/mol. The molecule has 0 aliphatic rings. The van der Waals surface area contributed by atoms with Crippen molar-refractivity contribution in [3.8, 4) is 0 Å². The Morgan fingerprint density at radius 1 is 1.45 bits per heavy atom. The molecule has 102 valence electrons. The summed E-state index contributed by atoms with van der Waals surface area (Å²) in [7, 11) is 1.79. The molecular formula is C14H12IN3OS. The molecule has 0 spiro atoms. The van der Waals surface area contributed by atoms with Gasteiger partial charge in [0.1, 0.15) is 10.7 Å². The molecule has 0 aliphatic carbocycles. The van der Waals surface area contributed by atoms with Crippen molar-refractivity contribution in [3.05, 3.63) is 50.8 Å². The number of hydrogen-bond acceptors (Lipinski definition) is 3. The van der Waals surface area contributed by atoms with Gasteiger partial charge in [0.05, 0.1) is 16.8 Å². The van der Waals surface area contributed by atoms with Gasteiger partial charge in [-0.25, -0.2) is 4.98 Å². The lowest BCUT2D eigenvalue weighted by Gasteiger charge is -2.14. The van der Waals surface area contributed by atoms with Crippen molar-refractivity contribution in [1.82, 2.24) is 14.9 Å². The summed E-state index contributed by atoms with van der Waals surface area (Å²) in [5, 5.41) is 0.948. The minimum absolute atomic E-state index is 0.0211. The Morgan fingerprint density at radius 2 is 2.25 bits per heavy atom. The fourth-order valence-corrected chi connectivity index (χ4v) is 3.45. The molecule has 0 aliphatic heterocycles. The molecule has 20 heavy (non-hydrogen) atoms. The summed E-state index contributed by atoms with van der Waals surface area (Å²) >= 11 is 3.80. The highest BCUT2D eigenvalue weighted by Crippen LogP contribution is 2.22. The van der Waals surface area contributed by atoms with E-state index in [-0.39, 0.29) is 5.91 Å². The Hall–Kier alpha value is -1.41. The molecule has 0 radical (unpaired) electrons. The van der Waals surface area contributed by atoms with Crippen LogP contribution >= 0.6 is 33.9 Å². The van der Waals surface area contributed by atoms with Crippen LogP contribution in [0.25, 0.3) is 10.2 Å². The molecule has 0 saturated carbocycles. The van der Waals surface area contributed by atoms with E-state index in [1.165, 1.54) is 0 Å². The van der Waals surface area contributed by atoms with Crippen molar-refractivity contribution in [3.63, 3.8) is 0 Å². The quantitative estimate of drug-likeness (QED) is 0.688. The molecule has 0 fully saturated rings. The van der Waals surface area contributed by atoms with Gasteiger partial charge in [-0.2, -0.15) is 0 Å². The second-order valence-electron chi connectivity index (χ2n) is 4.47. The standard InChI is InChI=1S/C14H12IN3OS/c1-18(14(19)11-6-9(15)7-16-11)8-13-17-10-4-2-3-5-12(10)20-13/h2-7,16H,8H2,1H3. The third-order valence-corrected chi connectivity index (χ3v) is 4.58. The molecule has 4 nitrogen and oxygen atoms in total. The van der Waals surface area contributed by atoms with E-state index in [9.17, 15) is 4.79 Å². The first-order chi connectivity index (χ1) is 9.63. The molecule has 1 N–H and O–H groups in total. The van der Waals surface area contributed by atoms with Crippen LogP contribution in [0.3, 0.4) is 0 Å². The predicted octanol–water partition coefficient (Wildman–Crippen LogP) is 3.50. The number of carbonyl (C=O) groups is 1. The Bertz CT molecular complexity index is 731. The van der Waals surface area contributed by atoms with Crippen LogP contribution in [0, 0.1) is 3.57 Å². The molecule has 2 aromatic heterocycles. The monoisotopic (exact) mass is 397 g/mol. The second kappa shape index (κ2) is 5.53. The first kappa shape index (κ1) is 13.6. The molecule has 0 unspecified atom stereocenters. The summed E-state index contributed by atoms with van der Waals surface area (Å²) in [6.07, 6.45) is 1.82. The van der Waals surface area contributed by atoms with Gasteiger partial charge in [0.15, 0.2) is 0 Å². The van der Waals surface area contributed by atoms with Gasteiger partial charge >= 0.3 is 0 Å². The fourth-order valence-electron chi connectivity index (χ4n) is 1.96. The lowest BCUT2D eigenvalue weighted by molar-refractivity contribution is 0.0780. The van der Waals surface area contributed by atoms with Crippen molar-refractivity contribution in [2.45, 2.75) is 6.54 Å². The van der Waals surface area contributed by atoms with Gasteiger partial charge in [0, 0.05) is 16.8 Å². The molecule has 0 atom stereocenters. The minimum atomic E-state index is -0.0211. The molecule has 0 saturated heterocycles. The lowest BCUT2D eigenvalue weighted by Crippen LogP contribution is -2.26. The smallest absolute Gasteiger partial charge is 0.270 e. The Kier molecular flexibility index (Phi) is 3.75. The molecule has 3 rings (SSSR count). The number of para-hydroxylation sites is 1. The third kappa shape index (κ3) is 2.71. The van der Waals surface area contributed by atoms with Crippen molar-refractivity contribution in [2.24, 2.45) is 0 Å². The van der Waals surface area contributed by atoms with Crippen molar-refractivity contribution >= 4 is 50.1 Å². The van der Waals surface area contributed by atoms with Crippen LogP contribution in [0.15, 0.2) is 36.5 Å². The van der Waals surface area contributed by atoms with Crippen LogP contribution in [0.2, 0.25) is 0 Å². The number of nitrogens with zero attached hydrogens (tertiary/aromatic N) is 2. The number of hydrogen-bond donors (Lipinski definition) is 1. The first-order valence-electron chi connectivity index (χ1n) is 6.07. The van der Waals surface area contributed by atoms with Gasteiger partial charge in [0.2, 0.25) is 0 Å². The van der Waals surface area contributed by atoms with Crippen LogP contribution < -0.4 is 0 Å². The molecule has 2 heterocycles.